The summed E-state index contributed by atoms with van der Waals surface area (Å²) in [6.45, 7) is 5.75. The predicted molar refractivity (Wildman–Crippen MR) is 209 cm³/mol. The van der Waals surface area contributed by atoms with Gasteiger partial charge in [-0.25, -0.2) is 9.98 Å². The van der Waals surface area contributed by atoms with Crippen LogP contribution >= 0.6 is 0 Å². The van der Waals surface area contributed by atoms with Crippen LogP contribution in [0.4, 0.5) is 0 Å². The lowest BCUT2D eigenvalue weighted by Gasteiger charge is -2.18. The third-order valence-electron chi connectivity index (χ3n) is 9.22. The summed E-state index contributed by atoms with van der Waals surface area (Å²) in [5.41, 5.74) is 6.76. The number of aliphatic imine (C=N–C) groups is 2. The number of aliphatic hydroxyl groups excluding tert-OH is 1. The van der Waals surface area contributed by atoms with Gasteiger partial charge in [-0.15, -0.1) is 0 Å². The van der Waals surface area contributed by atoms with Crippen LogP contribution in [0.1, 0.15) is 34.7 Å². The molecule has 1 heterocycles. The number of amidine groups is 1. The summed E-state index contributed by atoms with van der Waals surface area (Å²) in [5, 5.41) is 54.4. The predicted octanol–water partition coefficient (Wildman–Crippen LogP) is 8.87. The Morgan fingerprint density at radius 2 is 1.42 bits per heavy atom. The molecule has 0 saturated carbocycles. The van der Waals surface area contributed by atoms with Crippen LogP contribution in [0.25, 0.3) is 44.3 Å². The molecule has 0 radical (unpaired) electrons. The first-order chi connectivity index (χ1) is 25.7. The van der Waals surface area contributed by atoms with E-state index >= 15 is 0 Å². The van der Waals surface area contributed by atoms with Crippen molar-refractivity contribution in [3.05, 3.63) is 156 Å². The van der Waals surface area contributed by atoms with Crippen molar-refractivity contribution >= 4 is 39.1 Å². The second-order valence-electron chi connectivity index (χ2n) is 12.3. The van der Waals surface area contributed by atoms with Gasteiger partial charge in [-0.1, -0.05) is 97.6 Å². The standard InChI is InChI=1S/C44H34N4O5/c1-26(29-12-6-4-7-13-29)46-44(30-14-8-5-9-15-30)47-27(2)34-22-28(24-45)18-21-37(34)48-36-17-11-10-16-32(36)33-20-19-31(23-38(33)48)39-35(25-49)43(53-3)42(52)41(51)40(39)50/h4-23,49-52H,2,25H2,1,3H3/b46-26+,47-44-. The number of fused-ring (bicyclic) bond motifs is 3. The molecular weight excluding hydrogens is 665 g/mol. The summed E-state index contributed by atoms with van der Waals surface area (Å²) in [7, 11) is 1.30. The highest BCUT2D eigenvalue weighted by atomic mass is 16.5. The van der Waals surface area contributed by atoms with Crippen molar-refractivity contribution < 1.29 is 25.2 Å². The van der Waals surface area contributed by atoms with E-state index in [-0.39, 0.29) is 16.9 Å². The SMILES string of the molecule is C=C(/N=C(\N=C(/C)c1ccccc1)c1ccccc1)c1cc(C#N)ccc1-n1c2ccccc2c2ccc(-c3c(O)c(O)c(O)c(OC)c3CO)cc21. The Morgan fingerprint density at radius 3 is 2.09 bits per heavy atom. The topological polar surface area (TPSA) is 144 Å². The van der Waals surface area contributed by atoms with Crippen molar-refractivity contribution in [1.29, 1.82) is 5.26 Å². The molecule has 6 aromatic carbocycles. The van der Waals surface area contributed by atoms with Gasteiger partial charge in [0.15, 0.2) is 17.3 Å². The zero-order chi connectivity index (χ0) is 37.2. The van der Waals surface area contributed by atoms with Crippen molar-refractivity contribution in [2.45, 2.75) is 13.5 Å². The third-order valence-corrected chi connectivity index (χ3v) is 9.22. The van der Waals surface area contributed by atoms with Crippen LogP contribution in [-0.2, 0) is 6.61 Å². The number of benzene rings is 6. The lowest BCUT2D eigenvalue weighted by molar-refractivity contribution is 0.267. The number of hydrogen-bond donors (Lipinski definition) is 4. The largest absolute Gasteiger partial charge is 0.504 e. The fraction of sp³-hybridized carbons (Fsp3) is 0.0682. The molecular formula is C44H34N4O5. The average molecular weight is 699 g/mol. The van der Waals surface area contributed by atoms with E-state index in [1.54, 1.807) is 18.2 Å². The number of aliphatic hydroxyl groups is 1. The second-order valence-corrected chi connectivity index (χ2v) is 12.3. The summed E-state index contributed by atoms with van der Waals surface area (Å²) >= 11 is 0. The van der Waals surface area contributed by atoms with Gasteiger partial charge in [0.05, 0.1) is 47.8 Å². The maximum Gasteiger partial charge on any atom is 0.204 e. The fourth-order valence-electron chi connectivity index (χ4n) is 6.67. The maximum absolute atomic E-state index is 11.1. The van der Waals surface area contributed by atoms with E-state index in [2.05, 4.69) is 12.6 Å². The molecule has 0 aliphatic carbocycles. The molecule has 260 valence electrons. The molecule has 0 saturated heterocycles. The molecule has 0 amide bonds. The molecule has 0 fully saturated rings. The first-order valence-electron chi connectivity index (χ1n) is 16.7. The minimum atomic E-state index is -0.766. The van der Waals surface area contributed by atoms with Gasteiger partial charge in [0, 0.05) is 38.7 Å². The third kappa shape index (κ3) is 6.14. The summed E-state index contributed by atoms with van der Waals surface area (Å²) in [4.78, 5) is 9.97. The van der Waals surface area contributed by atoms with Gasteiger partial charge in [0.1, 0.15) is 0 Å². The molecule has 0 unspecified atom stereocenters. The van der Waals surface area contributed by atoms with E-state index in [9.17, 15) is 25.7 Å². The average Bonchev–Trinajstić information content (AvgIpc) is 3.53. The van der Waals surface area contributed by atoms with Crippen LogP contribution in [0.2, 0.25) is 0 Å². The van der Waals surface area contributed by atoms with Gasteiger partial charge in [0.25, 0.3) is 0 Å². The number of methoxy groups -OCH3 is 1. The lowest BCUT2D eigenvalue weighted by atomic mass is 9.95. The zero-order valence-corrected chi connectivity index (χ0v) is 28.9. The molecule has 0 aliphatic rings. The Labute approximate surface area is 305 Å². The number of aromatic hydroxyl groups is 3. The summed E-state index contributed by atoms with van der Waals surface area (Å²) in [6, 6.07) is 40.4. The Kier molecular flexibility index (Phi) is 9.21. The quantitative estimate of drug-likeness (QED) is 0.0709. The molecule has 1 aromatic heterocycles. The molecule has 0 atom stereocenters. The van der Waals surface area contributed by atoms with Crippen molar-refractivity contribution in [2.24, 2.45) is 9.98 Å². The van der Waals surface area contributed by atoms with Crippen LogP contribution in [0.3, 0.4) is 0 Å². The van der Waals surface area contributed by atoms with Crippen molar-refractivity contribution in [2.75, 3.05) is 7.11 Å². The molecule has 0 aliphatic heterocycles. The number of rotatable bonds is 8. The van der Waals surface area contributed by atoms with Crippen LogP contribution in [-0.4, -0.2) is 43.7 Å². The zero-order valence-electron chi connectivity index (χ0n) is 28.9. The highest BCUT2D eigenvalue weighted by Crippen LogP contribution is 2.52. The summed E-state index contributed by atoms with van der Waals surface area (Å²) in [6.07, 6.45) is 0. The molecule has 9 heteroatoms. The van der Waals surface area contributed by atoms with Gasteiger partial charge in [-0.2, -0.15) is 5.26 Å². The van der Waals surface area contributed by atoms with E-state index in [0.29, 0.717) is 39.4 Å². The number of phenols is 3. The van der Waals surface area contributed by atoms with E-state index in [4.69, 9.17) is 14.7 Å². The van der Waals surface area contributed by atoms with Gasteiger partial charge >= 0.3 is 0 Å². The first kappa shape index (κ1) is 34.3. The molecule has 0 spiro atoms. The van der Waals surface area contributed by atoms with Crippen molar-refractivity contribution in [3.8, 4) is 45.9 Å². The van der Waals surface area contributed by atoms with Crippen molar-refractivity contribution in [3.63, 3.8) is 0 Å². The number of ether oxygens (including phenoxy) is 1. The van der Waals surface area contributed by atoms with Crippen LogP contribution in [0.15, 0.2) is 138 Å². The van der Waals surface area contributed by atoms with Gasteiger partial charge in [0.2, 0.25) is 11.5 Å². The number of nitrogens with zero attached hydrogens (tertiary/aromatic N) is 4. The highest BCUT2D eigenvalue weighted by Gasteiger charge is 2.26. The molecule has 7 aromatic rings. The Bertz CT molecular complexity index is 2650. The van der Waals surface area contributed by atoms with E-state index in [1.807, 2.05) is 115 Å². The van der Waals surface area contributed by atoms with Crippen molar-refractivity contribution in [1.82, 2.24) is 4.57 Å². The van der Waals surface area contributed by atoms with E-state index in [1.165, 1.54) is 7.11 Å². The number of hydrogen-bond acceptors (Lipinski definition) is 7. The lowest BCUT2D eigenvalue weighted by Crippen LogP contribution is -2.05. The fourth-order valence-corrected chi connectivity index (χ4v) is 6.67. The van der Waals surface area contributed by atoms with Crippen LogP contribution in [0, 0.1) is 11.3 Å². The first-order valence-corrected chi connectivity index (χ1v) is 16.7. The molecule has 9 nitrogen and oxygen atoms in total. The van der Waals surface area contributed by atoms with Crippen LogP contribution < -0.4 is 4.74 Å². The number of aromatic nitrogens is 1. The molecule has 0 bridgehead atoms. The Morgan fingerprint density at radius 1 is 0.755 bits per heavy atom. The number of phenolic OH excluding ortho intramolecular Hbond substituents is 3. The minimum Gasteiger partial charge on any atom is -0.504 e. The second kappa shape index (κ2) is 14.2. The normalized spacial score (nSPS) is 11.9. The summed E-state index contributed by atoms with van der Waals surface area (Å²) in [5.74, 6) is -1.75. The molecule has 4 N–H and O–H groups in total. The van der Waals surface area contributed by atoms with Gasteiger partial charge < -0.3 is 29.7 Å². The smallest absolute Gasteiger partial charge is 0.204 e. The molecule has 53 heavy (non-hydrogen) atoms. The monoisotopic (exact) mass is 698 g/mol. The summed E-state index contributed by atoms with van der Waals surface area (Å²) < 4.78 is 7.35. The van der Waals surface area contributed by atoms with Crippen LogP contribution in [0.5, 0.6) is 23.0 Å². The number of para-hydroxylation sites is 1. The van der Waals surface area contributed by atoms with Gasteiger partial charge in [-0.3, -0.25) is 0 Å². The van der Waals surface area contributed by atoms with Gasteiger partial charge in [-0.05, 0) is 48.4 Å². The maximum atomic E-state index is 11.1. The number of nitriles is 1. The Balaban J connectivity index is 1.48. The van der Waals surface area contributed by atoms with E-state index in [0.717, 1.165) is 33.1 Å². The van der Waals surface area contributed by atoms with E-state index < -0.39 is 23.9 Å². The Hall–Kier alpha value is -7.15. The highest BCUT2D eigenvalue weighted by molar-refractivity contribution is 6.13. The molecule has 7 rings (SSSR count). The minimum absolute atomic E-state index is 0.101.